The number of amides is 1. The monoisotopic (exact) mass is 378 g/mol. The quantitative estimate of drug-likeness (QED) is 0.474. The van der Waals surface area contributed by atoms with Crippen molar-refractivity contribution in [2.75, 3.05) is 5.32 Å². The predicted molar refractivity (Wildman–Crippen MR) is 109 cm³/mol. The Morgan fingerprint density at radius 1 is 1.11 bits per heavy atom. The van der Waals surface area contributed by atoms with E-state index in [0.717, 1.165) is 33.5 Å². The zero-order chi connectivity index (χ0) is 18.8. The topological polar surface area (TPSA) is 34.0 Å². The van der Waals surface area contributed by atoms with Gasteiger partial charge in [-0.2, -0.15) is 0 Å². The van der Waals surface area contributed by atoms with E-state index in [-0.39, 0.29) is 11.7 Å². The number of carbonyl (C=O) groups is 1. The maximum atomic E-state index is 13.6. The van der Waals surface area contributed by atoms with Crippen LogP contribution in [0.25, 0.3) is 10.2 Å². The van der Waals surface area contributed by atoms with E-state index in [0.29, 0.717) is 12.2 Å². The summed E-state index contributed by atoms with van der Waals surface area (Å²) in [6.45, 7) is 2.50. The maximum Gasteiger partial charge on any atom is 0.272 e. The van der Waals surface area contributed by atoms with Crippen molar-refractivity contribution in [2.45, 2.75) is 19.9 Å². The summed E-state index contributed by atoms with van der Waals surface area (Å²) in [4.78, 5) is 13.0. The van der Waals surface area contributed by atoms with Crippen LogP contribution in [0.4, 0.5) is 10.1 Å². The van der Waals surface area contributed by atoms with Crippen LogP contribution in [0.5, 0.6) is 0 Å². The molecule has 27 heavy (non-hydrogen) atoms. The first kappa shape index (κ1) is 17.5. The second-order valence-electron chi connectivity index (χ2n) is 6.38. The summed E-state index contributed by atoms with van der Waals surface area (Å²) in [6, 6.07) is 18.2. The molecule has 2 aromatic heterocycles. The number of hydrogen-bond donors (Lipinski definition) is 1. The number of halogens is 1. The van der Waals surface area contributed by atoms with Gasteiger partial charge in [0.15, 0.2) is 0 Å². The van der Waals surface area contributed by atoms with Crippen LogP contribution in [0.2, 0.25) is 0 Å². The average Bonchev–Trinajstić information content (AvgIpc) is 3.25. The van der Waals surface area contributed by atoms with E-state index >= 15 is 0 Å². The normalized spacial score (nSPS) is 11.0. The molecule has 0 atom stereocenters. The summed E-state index contributed by atoms with van der Waals surface area (Å²) in [5, 5.41) is 5.04. The minimum atomic E-state index is -0.274. The van der Waals surface area contributed by atoms with Crippen molar-refractivity contribution in [3.05, 3.63) is 88.7 Å². The van der Waals surface area contributed by atoms with Gasteiger partial charge in [0.25, 0.3) is 5.91 Å². The first-order chi connectivity index (χ1) is 13.2. The highest BCUT2D eigenvalue weighted by molar-refractivity contribution is 7.17. The number of nitrogens with one attached hydrogen (secondary N) is 1. The lowest BCUT2D eigenvalue weighted by molar-refractivity contribution is 0.101. The number of nitrogens with zero attached hydrogens (tertiary/aromatic N) is 1. The Morgan fingerprint density at radius 2 is 1.96 bits per heavy atom. The Hall–Kier alpha value is -2.92. The fourth-order valence-corrected chi connectivity index (χ4v) is 4.11. The number of aromatic nitrogens is 1. The standard InChI is InChI=1S/C22H19FN2OS/c1-2-16-7-3-4-9-18(16)24-22(26)20-13-21-19(10-11-27-21)25(20)14-15-6-5-8-17(23)12-15/h3-13H,2,14H2,1H3,(H,24,26). The van der Waals surface area contributed by atoms with Crippen LogP contribution >= 0.6 is 11.3 Å². The first-order valence-electron chi connectivity index (χ1n) is 8.86. The Balaban J connectivity index is 1.71. The minimum Gasteiger partial charge on any atom is -0.331 e. The van der Waals surface area contributed by atoms with E-state index in [9.17, 15) is 9.18 Å². The van der Waals surface area contributed by atoms with Crippen molar-refractivity contribution in [1.82, 2.24) is 4.57 Å². The SMILES string of the molecule is CCc1ccccc1NC(=O)c1cc2sccc2n1Cc1cccc(F)c1. The number of anilines is 1. The minimum absolute atomic E-state index is 0.157. The Labute approximate surface area is 161 Å². The van der Waals surface area contributed by atoms with Gasteiger partial charge in [0.2, 0.25) is 0 Å². The molecule has 1 N–H and O–H groups in total. The van der Waals surface area contributed by atoms with Crippen molar-refractivity contribution in [1.29, 1.82) is 0 Å². The van der Waals surface area contributed by atoms with Gasteiger partial charge < -0.3 is 9.88 Å². The smallest absolute Gasteiger partial charge is 0.272 e. The zero-order valence-electron chi connectivity index (χ0n) is 14.9. The molecule has 2 heterocycles. The lowest BCUT2D eigenvalue weighted by atomic mass is 10.1. The van der Waals surface area contributed by atoms with E-state index in [4.69, 9.17) is 0 Å². The average molecular weight is 378 g/mol. The highest BCUT2D eigenvalue weighted by Crippen LogP contribution is 2.27. The van der Waals surface area contributed by atoms with Crippen LogP contribution in [0.15, 0.2) is 66.0 Å². The second-order valence-corrected chi connectivity index (χ2v) is 7.33. The number of fused-ring (bicyclic) bond motifs is 1. The number of benzene rings is 2. The molecule has 5 heteroatoms. The molecule has 0 aliphatic heterocycles. The first-order valence-corrected chi connectivity index (χ1v) is 9.74. The highest BCUT2D eigenvalue weighted by Gasteiger charge is 2.18. The van der Waals surface area contributed by atoms with Gasteiger partial charge in [-0.1, -0.05) is 37.3 Å². The molecule has 0 radical (unpaired) electrons. The Kier molecular flexibility index (Phi) is 4.77. The predicted octanol–water partition coefficient (Wildman–Crippen LogP) is 5.70. The number of thiophene rings is 1. The Bertz CT molecular complexity index is 1110. The third-order valence-corrected chi connectivity index (χ3v) is 5.48. The highest BCUT2D eigenvalue weighted by atomic mass is 32.1. The third-order valence-electron chi connectivity index (χ3n) is 4.63. The van der Waals surface area contributed by atoms with Crippen molar-refractivity contribution in [3.63, 3.8) is 0 Å². The molecule has 0 bridgehead atoms. The molecular formula is C22H19FN2OS. The molecule has 2 aromatic carbocycles. The van der Waals surface area contributed by atoms with Gasteiger partial charge in [0.05, 0.1) is 10.2 Å². The molecule has 4 rings (SSSR count). The van der Waals surface area contributed by atoms with Crippen LogP contribution in [0.1, 0.15) is 28.5 Å². The van der Waals surface area contributed by atoms with Crippen molar-refractivity contribution in [3.8, 4) is 0 Å². The molecule has 1 amide bonds. The van der Waals surface area contributed by atoms with E-state index in [1.165, 1.54) is 12.1 Å². The van der Waals surface area contributed by atoms with E-state index < -0.39 is 0 Å². The summed E-state index contributed by atoms with van der Waals surface area (Å²) in [5.74, 6) is -0.431. The van der Waals surface area contributed by atoms with Gasteiger partial charge in [-0.15, -0.1) is 11.3 Å². The van der Waals surface area contributed by atoms with E-state index in [2.05, 4.69) is 12.2 Å². The zero-order valence-corrected chi connectivity index (χ0v) is 15.7. The van der Waals surface area contributed by atoms with Crippen molar-refractivity contribution in [2.24, 2.45) is 0 Å². The molecule has 0 saturated carbocycles. The molecule has 3 nitrogen and oxygen atoms in total. The molecule has 4 aromatic rings. The van der Waals surface area contributed by atoms with Crippen LogP contribution in [-0.4, -0.2) is 10.5 Å². The number of rotatable bonds is 5. The maximum absolute atomic E-state index is 13.6. The number of aryl methyl sites for hydroxylation is 1. The fourth-order valence-electron chi connectivity index (χ4n) is 3.29. The van der Waals surface area contributed by atoms with E-state index in [1.807, 2.05) is 52.4 Å². The molecular weight excluding hydrogens is 359 g/mol. The molecule has 0 spiro atoms. The lowest BCUT2D eigenvalue weighted by Crippen LogP contribution is -2.18. The number of hydrogen-bond acceptors (Lipinski definition) is 2. The van der Waals surface area contributed by atoms with Gasteiger partial charge in [0.1, 0.15) is 11.5 Å². The van der Waals surface area contributed by atoms with E-state index in [1.54, 1.807) is 17.4 Å². The van der Waals surface area contributed by atoms with Crippen LogP contribution < -0.4 is 5.32 Å². The lowest BCUT2D eigenvalue weighted by Gasteiger charge is -2.13. The molecule has 136 valence electrons. The van der Waals surface area contributed by atoms with Crippen LogP contribution in [0, 0.1) is 5.82 Å². The van der Waals surface area contributed by atoms with Crippen molar-refractivity contribution < 1.29 is 9.18 Å². The Morgan fingerprint density at radius 3 is 2.78 bits per heavy atom. The summed E-state index contributed by atoms with van der Waals surface area (Å²) < 4.78 is 16.6. The summed E-state index contributed by atoms with van der Waals surface area (Å²) >= 11 is 1.59. The van der Waals surface area contributed by atoms with Gasteiger partial charge >= 0.3 is 0 Å². The van der Waals surface area contributed by atoms with Gasteiger partial charge in [-0.3, -0.25) is 4.79 Å². The fraction of sp³-hybridized carbons (Fsp3) is 0.136. The molecule has 0 saturated heterocycles. The third kappa shape index (κ3) is 3.51. The van der Waals surface area contributed by atoms with Crippen LogP contribution in [0.3, 0.4) is 0 Å². The number of carbonyl (C=O) groups excluding carboxylic acids is 1. The van der Waals surface area contributed by atoms with Gasteiger partial charge in [-0.25, -0.2) is 4.39 Å². The summed E-state index contributed by atoms with van der Waals surface area (Å²) in [5.41, 5.74) is 4.30. The molecule has 0 aliphatic rings. The second kappa shape index (κ2) is 7.37. The summed E-state index contributed by atoms with van der Waals surface area (Å²) in [6.07, 6.45) is 0.843. The van der Waals surface area contributed by atoms with Crippen molar-refractivity contribution >= 4 is 33.1 Å². The van der Waals surface area contributed by atoms with Crippen LogP contribution in [-0.2, 0) is 13.0 Å². The summed E-state index contributed by atoms with van der Waals surface area (Å²) in [7, 11) is 0. The van der Waals surface area contributed by atoms with Gasteiger partial charge in [0, 0.05) is 12.2 Å². The number of para-hydroxylation sites is 1. The molecule has 0 fully saturated rings. The largest absolute Gasteiger partial charge is 0.331 e. The molecule has 0 unspecified atom stereocenters. The molecule has 0 aliphatic carbocycles. The van der Waals surface area contributed by atoms with Gasteiger partial charge in [-0.05, 0) is 53.3 Å².